The zero-order valence-corrected chi connectivity index (χ0v) is 16.5. The van der Waals surface area contributed by atoms with E-state index in [0.717, 1.165) is 50.7 Å². The van der Waals surface area contributed by atoms with Gasteiger partial charge in [0.05, 0.1) is 0 Å². The number of benzene rings is 1. The van der Waals surface area contributed by atoms with Crippen molar-refractivity contribution in [3.63, 3.8) is 0 Å². The largest absolute Gasteiger partial charge is 0.381 e. The Hall–Kier alpha value is -1.27. The fraction of sp³-hybridized carbons (Fsp3) is 0.632. The summed E-state index contributed by atoms with van der Waals surface area (Å²) >= 11 is 1.83. The van der Waals surface area contributed by atoms with Crippen molar-refractivity contribution in [2.45, 2.75) is 36.9 Å². The van der Waals surface area contributed by atoms with Crippen LogP contribution in [0.5, 0.6) is 0 Å². The molecule has 1 fully saturated rings. The lowest BCUT2D eigenvalue weighted by Gasteiger charge is -2.38. The number of halogens is 1. The predicted octanol–water partition coefficient (Wildman–Crippen LogP) is 3.18. The van der Waals surface area contributed by atoms with Crippen LogP contribution in [0.4, 0.5) is 4.39 Å². The first-order valence-corrected chi connectivity index (χ1v) is 9.97. The Bertz CT molecular complexity index is 569. The maximum atomic E-state index is 13.3. The van der Waals surface area contributed by atoms with Crippen molar-refractivity contribution in [2.24, 2.45) is 4.99 Å². The van der Waals surface area contributed by atoms with Gasteiger partial charge in [-0.1, -0.05) is 12.1 Å². The van der Waals surface area contributed by atoms with Gasteiger partial charge in [0, 0.05) is 43.5 Å². The van der Waals surface area contributed by atoms with Crippen LogP contribution in [0, 0.1) is 5.82 Å². The molecule has 0 saturated carbocycles. The van der Waals surface area contributed by atoms with Gasteiger partial charge in [0.25, 0.3) is 0 Å². The van der Waals surface area contributed by atoms with Crippen LogP contribution in [0.3, 0.4) is 0 Å². The van der Waals surface area contributed by atoms with E-state index in [1.165, 1.54) is 0 Å². The first-order valence-electron chi connectivity index (χ1n) is 8.74. The standard InChI is InChI=1S/C19H30FN3OS/c1-18(2,25-4)13-22-17(21-3)23-14-19(9-11-24-12-10-19)15-5-7-16(20)8-6-15/h5-8H,9-14H2,1-4H3,(H2,21,22,23). The SMILES string of the molecule is CN=C(NCC(C)(C)SC)NCC1(c2ccc(F)cc2)CCOCC1. The average molecular weight is 368 g/mol. The minimum atomic E-state index is -0.198. The van der Waals surface area contributed by atoms with Gasteiger partial charge in [-0.05, 0) is 50.6 Å². The number of thioether (sulfide) groups is 1. The summed E-state index contributed by atoms with van der Waals surface area (Å²) in [7, 11) is 1.79. The minimum Gasteiger partial charge on any atom is -0.381 e. The van der Waals surface area contributed by atoms with E-state index in [0.29, 0.717) is 0 Å². The Morgan fingerprint density at radius 1 is 1.24 bits per heavy atom. The van der Waals surface area contributed by atoms with E-state index in [4.69, 9.17) is 4.74 Å². The molecule has 1 aromatic rings. The molecule has 0 radical (unpaired) electrons. The van der Waals surface area contributed by atoms with Crippen LogP contribution in [-0.2, 0) is 10.2 Å². The predicted molar refractivity (Wildman–Crippen MR) is 105 cm³/mol. The molecular formula is C19H30FN3OS. The molecule has 4 nitrogen and oxygen atoms in total. The second-order valence-electron chi connectivity index (χ2n) is 7.14. The molecule has 6 heteroatoms. The zero-order valence-electron chi connectivity index (χ0n) is 15.7. The molecule has 1 aliphatic heterocycles. The molecule has 2 N–H and O–H groups in total. The Kier molecular flexibility index (Phi) is 7.14. The highest BCUT2D eigenvalue weighted by Gasteiger charge is 2.34. The lowest BCUT2D eigenvalue weighted by molar-refractivity contribution is 0.0513. The maximum Gasteiger partial charge on any atom is 0.191 e. The van der Waals surface area contributed by atoms with E-state index in [9.17, 15) is 4.39 Å². The molecule has 140 valence electrons. The van der Waals surface area contributed by atoms with E-state index in [2.05, 4.69) is 35.7 Å². The van der Waals surface area contributed by atoms with Crippen molar-refractivity contribution in [1.29, 1.82) is 0 Å². The minimum absolute atomic E-state index is 0.0570. The van der Waals surface area contributed by atoms with Gasteiger partial charge in [0.1, 0.15) is 5.82 Å². The molecule has 0 amide bonds. The van der Waals surface area contributed by atoms with Crippen molar-refractivity contribution < 1.29 is 9.13 Å². The topological polar surface area (TPSA) is 45.7 Å². The van der Waals surface area contributed by atoms with Gasteiger partial charge in [0.2, 0.25) is 0 Å². The molecule has 0 aliphatic carbocycles. The van der Waals surface area contributed by atoms with Crippen LogP contribution in [0.1, 0.15) is 32.3 Å². The second-order valence-corrected chi connectivity index (χ2v) is 8.66. The van der Waals surface area contributed by atoms with Crippen molar-refractivity contribution in [3.8, 4) is 0 Å². The fourth-order valence-corrected chi connectivity index (χ4v) is 3.19. The summed E-state index contributed by atoms with van der Waals surface area (Å²) in [5.74, 6) is 0.603. The third-order valence-electron chi connectivity index (χ3n) is 4.96. The molecule has 0 spiro atoms. The third kappa shape index (κ3) is 5.61. The lowest BCUT2D eigenvalue weighted by Crippen LogP contribution is -2.49. The van der Waals surface area contributed by atoms with Gasteiger partial charge >= 0.3 is 0 Å². The van der Waals surface area contributed by atoms with Crippen molar-refractivity contribution in [3.05, 3.63) is 35.6 Å². The molecule has 1 heterocycles. The number of rotatable bonds is 6. The summed E-state index contributed by atoms with van der Waals surface area (Å²) < 4.78 is 19.0. The second kappa shape index (κ2) is 8.90. The van der Waals surface area contributed by atoms with Gasteiger partial charge in [0.15, 0.2) is 5.96 Å². The van der Waals surface area contributed by atoms with Crippen molar-refractivity contribution in [2.75, 3.05) is 39.6 Å². The molecule has 0 aromatic heterocycles. The Labute approximate surface area is 155 Å². The zero-order chi connectivity index (χ0) is 18.3. The molecule has 1 aromatic carbocycles. The number of hydrogen-bond acceptors (Lipinski definition) is 3. The Balaban J connectivity index is 2.05. The van der Waals surface area contributed by atoms with E-state index in [-0.39, 0.29) is 16.0 Å². The molecule has 0 atom stereocenters. The number of nitrogens with zero attached hydrogens (tertiary/aromatic N) is 1. The Morgan fingerprint density at radius 2 is 1.88 bits per heavy atom. The van der Waals surface area contributed by atoms with E-state index < -0.39 is 0 Å². The van der Waals surface area contributed by atoms with Crippen molar-refractivity contribution >= 4 is 17.7 Å². The summed E-state index contributed by atoms with van der Waals surface area (Å²) in [4.78, 5) is 4.34. The van der Waals surface area contributed by atoms with E-state index >= 15 is 0 Å². The fourth-order valence-electron chi connectivity index (χ4n) is 2.98. The number of ether oxygens (including phenoxy) is 1. The highest BCUT2D eigenvalue weighted by Crippen LogP contribution is 2.34. The maximum absolute atomic E-state index is 13.3. The quantitative estimate of drug-likeness (QED) is 0.599. The smallest absolute Gasteiger partial charge is 0.191 e. The molecule has 1 aliphatic rings. The summed E-state index contributed by atoms with van der Waals surface area (Å²) in [6, 6.07) is 6.88. The molecule has 1 saturated heterocycles. The van der Waals surface area contributed by atoms with Crippen LogP contribution in [-0.4, -0.2) is 50.3 Å². The van der Waals surface area contributed by atoms with E-state index in [1.807, 2.05) is 23.9 Å². The number of nitrogens with one attached hydrogen (secondary N) is 2. The van der Waals surface area contributed by atoms with Crippen LogP contribution >= 0.6 is 11.8 Å². The third-order valence-corrected chi connectivity index (χ3v) is 6.21. The number of guanidine groups is 1. The van der Waals surface area contributed by atoms with Crippen LogP contribution < -0.4 is 10.6 Å². The van der Waals surface area contributed by atoms with Gasteiger partial charge in [-0.2, -0.15) is 11.8 Å². The first-order chi connectivity index (χ1) is 11.9. The molecule has 2 rings (SSSR count). The molecule has 25 heavy (non-hydrogen) atoms. The van der Waals surface area contributed by atoms with Gasteiger partial charge < -0.3 is 15.4 Å². The molecule has 0 bridgehead atoms. The monoisotopic (exact) mass is 367 g/mol. The van der Waals surface area contributed by atoms with Crippen LogP contribution in [0.15, 0.2) is 29.3 Å². The lowest BCUT2D eigenvalue weighted by atomic mass is 9.74. The highest BCUT2D eigenvalue weighted by molar-refractivity contribution is 7.99. The van der Waals surface area contributed by atoms with Gasteiger partial charge in [-0.3, -0.25) is 4.99 Å². The van der Waals surface area contributed by atoms with Gasteiger partial charge in [-0.25, -0.2) is 4.39 Å². The van der Waals surface area contributed by atoms with E-state index in [1.54, 1.807) is 19.2 Å². The highest BCUT2D eigenvalue weighted by atomic mass is 32.2. The first kappa shape index (κ1) is 20.0. The van der Waals surface area contributed by atoms with Crippen LogP contribution in [0.25, 0.3) is 0 Å². The summed E-state index contributed by atoms with van der Waals surface area (Å²) in [6.45, 7) is 7.45. The number of aliphatic imine (C=N–C) groups is 1. The summed E-state index contributed by atoms with van der Waals surface area (Å²) in [5, 5.41) is 6.87. The summed E-state index contributed by atoms with van der Waals surface area (Å²) in [6.07, 6.45) is 3.95. The van der Waals surface area contributed by atoms with Crippen molar-refractivity contribution in [1.82, 2.24) is 10.6 Å². The average Bonchev–Trinajstić information content (AvgIpc) is 2.63. The van der Waals surface area contributed by atoms with Gasteiger partial charge in [-0.15, -0.1) is 0 Å². The summed E-state index contributed by atoms with van der Waals surface area (Å²) in [5.41, 5.74) is 1.10. The normalized spacial score (nSPS) is 18.0. The molecule has 0 unspecified atom stereocenters. The molecular weight excluding hydrogens is 337 g/mol. The Morgan fingerprint density at radius 3 is 2.44 bits per heavy atom. The number of hydrogen-bond donors (Lipinski definition) is 2. The van der Waals surface area contributed by atoms with Crippen LogP contribution in [0.2, 0.25) is 0 Å².